The van der Waals surface area contributed by atoms with Gasteiger partial charge in [0.1, 0.15) is 5.82 Å². The van der Waals surface area contributed by atoms with Gasteiger partial charge in [-0.1, -0.05) is 12.1 Å². The van der Waals surface area contributed by atoms with Crippen molar-refractivity contribution >= 4 is 6.03 Å². The fraction of sp³-hybridized carbons (Fsp3) is 0.588. The van der Waals surface area contributed by atoms with Gasteiger partial charge in [0, 0.05) is 26.7 Å². The minimum Gasteiger partial charge on any atom is -0.381 e. The molecule has 5 heteroatoms. The Morgan fingerprint density at radius 3 is 2.45 bits per heavy atom. The molecule has 22 heavy (non-hydrogen) atoms. The summed E-state index contributed by atoms with van der Waals surface area (Å²) < 4.78 is 18.4. The maximum absolute atomic E-state index is 13.1. The van der Waals surface area contributed by atoms with Crippen LogP contribution in [0.3, 0.4) is 0 Å². The fourth-order valence-corrected chi connectivity index (χ4v) is 2.96. The van der Waals surface area contributed by atoms with E-state index in [9.17, 15) is 9.18 Å². The first-order valence-electron chi connectivity index (χ1n) is 7.90. The highest BCUT2D eigenvalue weighted by atomic mass is 19.1. The molecule has 1 atom stereocenters. The third-order valence-electron chi connectivity index (χ3n) is 4.45. The summed E-state index contributed by atoms with van der Waals surface area (Å²) in [5.74, 6) is -0.257. The fourth-order valence-electron chi connectivity index (χ4n) is 2.96. The number of halogens is 1. The van der Waals surface area contributed by atoms with Crippen molar-refractivity contribution in [3.63, 3.8) is 0 Å². The standard InChI is InChI=1S/C17H25FN2O2/c1-4-20(13(2)14-5-7-15(18)8-6-14)17(21)19-11-9-16(22-3)10-12-19/h5-8,13,16H,4,9-12H2,1-3H3. The molecule has 0 spiro atoms. The number of urea groups is 1. The zero-order valence-corrected chi connectivity index (χ0v) is 13.6. The molecule has 1 aromatic rings. The largest absolute Gasteiger partial charge is 0.381 e. The molecule has 0 saturated carbocycles. The molecule has 1 aliphatic rings. The molecule has 1 fully saturated rings. The van der Waals surface area contributed by atoms with Crippen molar-refractivity contribution in [2.24, 2.45) is 0 Å². The number of piperidine rings is 1. The molecule has 0 aromatic heterocycles. The second-order valence-electron chi connectivity index (χ2n) is 5.72. The van der Waals surface area contributed by atoms with Crippen molar-refractivity contribution in [3.05, 3.63) is 35.6 Å². The third-order valence-corrected chi connectivity index (χ3v) is 4.45. The molecule has 1 aliphatic heterocycles. The molecule has 122 valence electrons. The lowest BCUT2D eigenvalue weighted by Gasteiger charge is -2.37. The van der Waals surface area contributed by atoms with Gasteiger partial charge < -0.3 is 14.5 Å². The monoisotopic (exact) mass is 308 g/mol. The number of carbonyl (C=O) groups is 1. The maximum atomic E-state index is 13.1. The van der Waals surface area contributed by atoms with E-state index in [2.05, 4.69) is 0 Å². The van der Waals surface area contributed by atoms with Crippen molar-refractivity contribution in [2.75, 3.05) is 26.7 Å². The molecule has 2 rings (SSSR count). The summed E-state index contributed by atoms with van der Waals surface area (Å²) in [5, 5.41) is 0. The highest BCUT2D eigenvalue weighted by molar-refractivity contribution is 5.75. The first kappa shape index (κ1) is 16.7. The number of hydrogen-bond donors (Lipinski definition) is 0. The van der Waals surface area contributed by atoms with Crippen LogP contribution in [0.2, 0.25) is 0 Å². The van der Waals surface area contributed by atoms with Crippen LogP contribution < -0.4 is 0 Å². The van der Waals surface area contributed by atoms with Gasteiger partial charge in [-0.2, -0.15) is 0 Å². The van der Waals surface area contributed by atoms with E-state index in [1.807, 2.05) is 23.6 Å². The molecule has 1 unspecified atom stereocenters. The van der Waals surface area contributed by atoms with Gasteiger partial charge in [-0.15, -0.1) is 0 Å². The normalized spacial score (nSPS) is 17.4. The van der Waals surface area contributed by atoms with Gasteiger partial charge in [0.05, 0.1) is 12.1 Å². The van der Waals surface area contributed by atoms with Crippen LogP contribution in [0.25, 0.3) is 0 Å². The van der Waals surface area contributed by atoms with Crippen molar-refractivity contribution in [3.8, 4) is 0 Å². The zero-order valence-electron chi connectivity index (χ0n) is 13.6. The number of carbonyl (C=O) groups excluding carboxylic acids is 1. The molecule has 1 aromatic carbocycles. The van der Waals surface area contributed by atoms with Crippen LogP contribution >= 0.6 is 0 Å². The maximum Gasteiger partial charge on any atom is 0.320 e. The van der Waals surface area contributed by atoms with E-state index >= 15 is 0 Å². The highest BCUT2D eigenvalue weighted by Crippen LogP contribution is 2.23. The molecule has 0 N–H and O–H groups in total. The molecule has 2 amide bonds. The molecule has 1 saturated heterocycles. The van der Waals surface area contributed by atoms with Crippen LogP contribution in [0.1, 0.15) is 38.3 Å². The third kappa shape index (κ3) is 3.77. The predicted octanol–water partition coefficient (Wildman–Crippen LogP) is 3.44. The first-order valence-corrected chi connectivity index (χ1v) is 7.90. The van der Waals surface area contributed by atoms with Gasteiger partial charge >= 0.3 is 6.03 Å². The SMILES string of the molecule is CCN(C(=O)N1CCC(OC)CC1)C(C)c1ccc(F)cc1. The van der Waals surface area contributed by atoms with Crippen molar-refractivity contribution in [1.82, 2.24) is 9.80 Å². The number of hydrogen-bond acceptors (Lipinski definition) is 2. The summed E-state index contributed by atoms with van der Waals surface area (Å²) in [6.07, 6.45) is 2.02. The summed E-state index contributed by atoms with van der Waals surface area (Å²) >= 11 is 0. The Bertz CT molecular complexity index is 484. The van der Waals surface area contributed by atoms with E-state index in [1.165, 1.54) is 12.1 Å². The Morgan fingerprint density at radius 2 is 1.95 bits per heavy atom. The summed E-state index contributed by atoms with van der Waals surface area (Å²) in [6, 6.07) is 6.34. The Kier molecular flexibility index (Phi) is 5.77. The van der Waals surface area contributed by atoms with Gasteiger partial charge in [-0.05, 0) is 44.4 Å². The number of benzene rings is 1. The van der Waals surface area contributed by atoms with Crippen LogP contribution in [0.15, 0.2) is 24.3 Å². The average molecular weight is 308 g/mol. The van der Waals surface area contributed by atoms with Gasteiger partial charge in [-0.3, -0.25) is 0 Å². The van der Waals surface area contributed by atoms with Crippen LogP contribution in [-0.4, -0.2) is 48.7 Å². The van der Waals surface area contributed by atoms with E-state index in [4.69, 9.17) is 4.74 Å². The minimum atomic E-state index is -0.257. The lowest BCUT2D eigenvalue weighted by atomic mass is 10.1. The lowest BCUT2D eigenvalue weighted by molar-refractivity contribution is 0.0427. The van der Waals surface area contributed by atoms with Crippen LogP contribution in [0, 0.1) is 5.82 Å². The molecule has 1 heterocycles. The Balaban J connectivity index is 2.04. The smallest absolute Gasteiger partial charge is 0.320 e. The molecular weight excluding hydrogens is 283 g/mol. The molecule has 4 nitrogen and oxygen atoms in total. The second kappa shape index (κ2) is 7.58. The Morgan fingerprint density at radius 1 is 1.36 bits per heavy atom. The van der Waals surface area contributed by atoms with Crippen LogP contribution in [0.4, 0.5) is 9.18 Å². The van der Waals surface area contributed by atoms with Crippen LogP contribution in [-0.2, 0) is 4.74 Å². The number of rotatable bonds is 4. The molecule has 0 aliphatic carbocycles. The Labute approximate surface area is 131 Å². The van der Waals surface area contributed by atoms with Crippen molar-refractivity contribution in [2.45, 2.75) is 38.8 Å². The molecule has 0 bridgehead atoms. The van der Waals surface area contributed by atoms with Gasteiger partial charge in [0.15, 0.2) is 0 Å². The van der Waals surface area contributed by atoms with Crippen molar-refractivity contribution in [1.29, 1.82) is 0 Å². The van der Waals surface area contributed by atoms with Gasteiger partial charge in [0.25, 0.3) is 0 Å². The predicted molar refractivity (Wildman–Crippen MR) is 84.2 cm³/mol. The topological polar surface area (TPSA) is 32.8 Å². The molecular formula is C17H25FN2O2. The summed E-state index contributed by atoms with van der Waals surface area (Å²) in [7, 11) is 1.72. The van der Waals surface area contributed by atoms with E-state index in [0.717, 1.165) is 31.5 Å². The average Bonchev–Trinajstić information content (AvgIpc) is 2.56. The summed E-state index contributed by atoms with van der Waals surface area (Å²) in [6.45, 7) is 6.03. The van der Waals surface area contributed by atoms with E-state index < -0.39 is 0 Å². The van der Waals surface area contributed by atoms with Gasteiger partial charge in [-0.25, -0.2) is 9.18 Å². The number of nitrogens with zero attached hydrogens (tertiary/aromatic N) is 2. The molecule has 0 radical (unpaired) electrons. The highest BCUT2D eigenvalue weighted by Gasteiger charge is 2.28. The van der Waals surface area contributed by atoms with E-state index in [0.29, 0.717) is 6.54 Å². The lowest BCUT2D eigenvalue weighted by Crippen LogP contribution is -2.48. The number of amides is 2. The van der Waals surface area contributed by atoms with Crippen LogP contribution in [0.5, 0.6) is 0 Å². The number of likely N-dealkylation sites (tertiary alicyclic amines) is 1. The van der Waals surface area contributed by atoms with Gasteiger partial charge in [0.2, 0.25) is 0 Å². The number of methoxy groups -OCH3 is 1. The first-order chi connectivity index (χ1) is 10.6. The number of ether oxygens (including phenoxy) is 1. The van der Waals surface area contributed by atoms with E-state index in [-0.39, 0.29) is 24.0 Å². The summed E-state index contributed by atoms with van der Waals surface area (Å²) in [4.78, 5) is 16.5. The Hall–Kier alpha value is -1.62. The second-order valence-corrected chi connectivity index (χ2v) is 5.72. The quantitative estimate of drug-likeness (QED) is 0.853. The van der Waals surface area contributed by atoms with Crippen molar-refractivity contribution < 1.29 is 13.9 Å². The minimum absolute atomic E-state index is 0.0499. The summed E-state index contributed by atoms with van der Waals surface area (Å²) in [5.41, 5.74) is 0.948. The zero-order chi connectivity index (χ0) is 16.1. The van der Waals surface area contributed by atoms with E-state index in [1.54, 1.807) is 19.2 Å².